The zero-order valence-corrected chi connectivity index (χ0v) is 11.0. The molecule has 0 radical (unpaired) electrons. The fourth-order valence-corrected chi connectivity index (χ4v) is 2.82. The Balaban J connectivity index is 2.45. The molecule has 1 aromatic carbocycles. The molecule has 2 rings (SSSR count). The van der Waals surface area contributed by atoms with Gasteiger partial charge in [0.1, 0.15) is 5.82 Å². The second-order valence-corrected chi connectivity index (χ2v) is 5.32. The van der Waals surface area contributed by atoms with Gasteiger partial charge in [0.25, 0.3) is 0 Å². The molecular weight excluding hydrogens is 315 g/mol. The fraction of sp³-hybridized carbons (Fsp3) is 0. The van der Waals surface area contributed by atoms with Crippen LogP contribution in [0.2, 0.25) is 5.02 Å². The van der Waals surface area contributed by atoms with E-state index >= 15 is 0 Å². The first-order valence-electron chi connectivity index (χ1n) is 4.31. The molecule has 0 unspecified atom stereocenters. The Morgan fingerprint density at radius 3 is 2.75 bits per heavy atom. The van der Waals surface area contributed by atoms with Crippen LogP contribution in [0.5, 0.6) is 0 Å². The molecule has 5 heteroatoms. The highest BCUT2D eigenvalue weighted by atomic mass is 79.9. The van der Waals surface area contributed by atoms with Crippen LogP contribution >= 0.6 is 38.9 Å². The van der Waals surface area contributed by atoms with Crippen LogP contribution in [0.4, 0.5) is 4.39 Å². The molecule has 0 bridgehead atoms. The summed E-state index contributed by atoms with van der Waals surface area (Å²) < 4.78 is 13.8. The van der Waals surface area contributed by atoms with Crippen LogP contribution in [0.1, 0.15) is 15.2 Å². The first kappa shape index (κ1) is 11.8. The molecule has 0 saturated carbocycles. The van der Waals surface area contributed by atoms with E-state index in [1.54, 1.807) is 11.4 Å². The van der Waals surface area contributed by atoms with Gasteiger partial charge in [-0.2, -0.15) is 0 Å². The molecule has 0 aliphatic rings. The zero-order chi connectivity index (χ0) is 11.7. The standard InChI is InChI=1S/C11H5BrClFOS/c12-6-3-10(16-5-6)11(15)8-4-7(14)1-2-9(8)13/h1-5H. The van der Waals surface area contributed by atoms with Crippen LogP contribution in [0.15, 0.2) is 34.1 Å². The minimum absolute atomic E-state index is 0.191. The molecule has 1 aromatic heterocycles. The van der Waals surface area contributed by atoms with E-state index in [-0.39, 0.29) is 16.4 Å². The second kappa shape index (κ2) is 4.65. The van der Waals surface area contributed by atoms with Gasteiger partial charge in [0.2, 0.25) is 5.78 Å². The summed E-state index contributed by atoms with van der Waals surface area (Å²) in [6.45, 7) is 0. The topological polar surface area (TPSA) is 17.1 Å². The smallest absolute Gasteiger partial charge is 0.204 e. The molecule has 0 saturated heterocycles. The van der Waals surface area contributed by atoms with E-state index in [0.717, 1.165) is 10.5 Å². The van der Waals surface area contributed by atoms with E-state index in [2.05, 4.69) is 15.9 Å². The monoisotopic (exact) mass is 318 g/mol. The lowest BCUT2D eigenvalue weighted by Gasteiger charge is -2.01. The SMILES string of the molecule is O=C(c1cc(Br)cs1)c1cc(F)ccc1Cl. The highest BCUT2D eigenvalue weighted by molar-refractivity contribution is 9.10. The van der Waals surface area contributed by atoms with Gasteiger partial charge in [0.05, 0.1) is 9.90 Å². The van der Waals surface area contributed by atoms with Crippen molar-refractivity contribution in [1.82, 2.24) is 0 Å². The van der Waals surface area contributed by atoms with Gasteiger partial charge in [-0.15, -0.1) is 11.3 Å². The summed E-state index contributed by atoms with van der Waals surface area (Å²) >= 11 is 10.4. The van der Waals surface area contributed by atoms with Crippen LogP contribution in [0.25, 0.3) is 0 Å². The molecule has 82 valence electrons. The first-order chi connectivity index (χ1) is 7.58. The van der Waals surface area contributed by atoms with Crippen LogP contribution in [0.3, 0.4) is 0 Å². The molecule has 2 aromatic rings. The lowest BCUT2D eigenvalue weighted by atomic mass is 10.1. The Morgan fingerprint density at radius 2 is 2.12 bits per heavy atom. The Bertz CT molecular complexity index is 553. The second-order valence-electron chi connectivity index (χ2n) is 3.08. The minimum Gasteiger partial charge on any atom is -0.288 e. The van der Waals surface area contributed by atoms with Gasteiger partial charge in [-0.05, 0) is 40.2 Å². The average molecular weight is 320 g/mol. The fourth-order valence-electron chi connectivity index (χ4n) is 1.24. The lowest BCUT2D eigenvalue weighted by Crippen LogP contribution is -2.00. The van der Waals surface area contributed by atoms with Crippen molar-refractivity contribution in [2.24, 2.45) is 0 Å². The van der Waals surface area contributed by atoms with Gasteiger partial charge < -0.3 is 0 Å². The summed E-state index contributed by atoms with van der Waals surface area (Å²) in [7, 11) is 0. The third kappa shape index (κ3) is 2.34. The Labute approximate surface area is 109 Å². The van der Waals surface area contributed by atoms with Gasteiger partial charge in [0.15, 0.2) is 0 Å². The quantitative estimate of drug-likeness (QED) is 0.743. The van der Waals surface area contributed by atoms with Gasteiger partial charge >= 0.3 is 0 Å². The van der Waals surface area contributed by atoms with Crippen molar-refractivity contribution in [3.63, 3.8) is 0 Å². The summed E-state index contributed by atoms with van der Waals surface area (Å²) in [5, 5.41) is 2.05. The number of carbonyl (C=O) groups is 1. The summed E-state index contributed by atoms with van der Waals surface area (Å²) in [6.07, 6.45) is 0. The maximum absolute atomic E-state index is 13.0. The van der Waals surface area contributed by atoms with E-state index in [0.29, 0.717) is 4.88 Å². The number of halogens is 3. The molecule has 0 atom stereocenters. The Kier molecular flexibility index (Phi) is 3.42. The summed E-state index contributed by atoms with van der Waals surface area (Å²) in [6, 6.07) is 5.45. The zero-order valence-electron chi connectivity index (χ0n) is 7.84. The van der Waals surface area contributed by atoms with Gasteiger partial charge in [-0.25, -0.2) is 4.39 Å². The van der Waals surface area contributed by atoms with E-state index in [4.69, 9.17) is 11.6 Å². The van der Waals surface area contributed by atoms with Gasteiger partial charge in [-0.3, -0.25) is 4.79 Å². The van der Waals surface area contributed by atoms with Crippen LogP contribution in [-0.2, 0) is 0 Å². The predicted molar refractivity (Wildman–Crippen MR) is 66.9 cm³/mol. The Morgan fingerprint density at radius 1 is 1.38 bits per heavy atom. The molecule has 0 fully saturated rings. The van der Waals surface area contributed by atoms with E-state index in [9.17, 15) is 9.18 Å². The molecule has 0 N–H and O–H groups in total. The number of rotatable bonds is 2. The summed E-state index contributed by atoms with van der Waals surface area (Å²) in [4.78, 5) is 12.5. The molecule has 1 heterocycles. The van der Waals surface area contributed by atoms with Gasteiger partial charge in [0, 0.05) is 15.4 Å². The molecule has 0 amide bonds. The van der Waals surface area contributed by atoms with Crippen molar-refractivity contribution in [3.8, 4) is 0 Å². The number of hydrogen-bond acceptors (Lipinski definition) is 2. The maximum atomic E-state index is 13.0. The van der Waals surface area contributed by atoms with Gasteiger partial charge in [-0.1, -0.05) is 11.6 Å². The van der Waals surface area contributed by atoms with Crippen molar-refractivity contribution in [2.75, 3.05) is 0 Å². The Hall–Kier alpha value is -0.710. The number of thiophene rings is 1. The van der Waals surface area contributed by atoms with Crippen molar-refractivity contribution in [3.05, 3.63) is 55.4 Å². The molecule has 0 aliphatic heterocycles. The van der Waals surface area contributed by atoms with E-state index < -0.39 is 5.82 Å². The van der Waals surface area contributed by atoms with E-state index in [1.165, 1.54) is 23.5 Å². The molecule has 0 spiro atoms. The summed E-state index contributed by atoms with van der Waals surface area (Å²) in [5.74, 6) is -0.733. The minimum atomic E-state index is -0.469. The number of carbonyl (C=O) groups excluding carboxylic acids is 1. The third-order valence-corrected chi connectivity index (χ3v) is 3.98. The maximum Gasteiger partial charge on any atom is 0.204 e. The van der Waals surface area contributed by atoms with Crippen LogP contribution in [-0.4, -0.2) is 5.78 Å². The molecule has 0 aliphatic carbocycles. The summed E-state index contributed by atoms with van der Waals surface area (Å²) in [5.41, 5.74) is 0.191. The van der Waals surface area contributed by atoms with Crippen molar-refractivity contribution in [1.29, 1.82) is 0 Å². The predicted octanol–water partition coefficient (Wildman–Crippen LogP) is 4.53. The third-order valence-electron chi connectivity index (χ3n) is 1.96. The van der Waals surface area contributed by atoms with Crippen molar-refractivity contribution in [2.45, 2.75) is 0 Å². The lowest BCUT2D eigenvalue weighted by molar-refractivity contribution is 0.104. The largest absolute Gasteiger partial charge is 0.288 e. The number of ketones is 1. The molecule has 1 nitrogen and oxygen atoms in total. The normalized spacial score (nSPS) is 10.4. The van der Waals surface area contributed by atoms with Crippen molar-refractivity contribution >= 4 is 44.7 Å². The van der Waals surface area contributed by atoms with Crippen molar-refractivity contribution < 1.29 is 9.18 Å². The molecule has 16 heavy (non-hydrogen) atoms. The van der Waals surface area contributed by atoms with Crippen LogP contribution < -0.4 is 0 Å². The van der Waals surface area contributed by atoms with Crippen LogP contribution in [0, 0.1) is 5.82 Å². The first-order valence-corrected chi connectivity index (χ1v) is 6.37. The average Bonchev–Trinajstić information content (AvgIpc) is 2.67. The van der Waals surface area contributed by atoms with E-state index in [1.807, 2.05) is 0 Å². The number of benzene rings is 1. The highest BCUT2D eigenvalue weighted by Crippen LogP contribution is 2.26. The highest BCUT2D eigenvalue weighted by Gasteiger charge is 2.15. The molecular formula is C11H5BrClFOS. The number of hydrogen-bond donors (Lipinski definition) is 0.